The van der Waals surface area contributed by atoms with Crippen molar-refractivity contribution in [3.05, 3.63) is 29.8 Å². The summed E-state index contributed by atoms with van der Waals surface area (Å²) in [6, 6.07) is 5.89. The molecule has 0 radical (unpaired) electrons. The van der Waals surface area contributed by atoms with Crippen LogP contribution in [0.4, 0.5) is 5.69 Å². The number of benzene rings is 1. The average molecular weight is 238 g/mol. The van der Waals surface area contributed by atoms with Gasteiger partial charge in [0.2, 0.25) is 0 Å². The van der Waals surface area contributed by atoms with Gasteiger partial charge < -0.3 is 15.9 Å². The van der Waals surface area contributed by atoms with Crippen LogP contribution in [0.25, 0.3) is 0 Å². The van der Waals surface area contributed by atoms with Gasteiger partial charge >= 0.3 is 11.9 Å². The van der Waals surface area contributed by atoms with Gasteiger partial charge in [0, 0.05) is 5.69 Å². The summed E-state index contributed by atoms with van der Waals surface area (Å²) >= 11 is 0. The van der Waals surface area contributed by atoms with E-state index in [9.17, 15) is 9.59 Å². The Hall–Kier alpha value is -2.08. The minimum absolute atomic E-state index is 0.188. The number of carboxylic acid groups (broad SMARTS) is 2. The van der Waals surface area contributed by atoms with E-state index in [1.54, 1.807) is 24.3 Å². The first-order valence-corrected chi connectivity index (χ1v) is 5.01. The molecule has 0 aromatic heterocycles. The summed E-state index contributed by atoms with van der Waals surface area (Å²) in [5.41, 5.74) is 6.86. The molecule has 0 amide bonds. The van der Waals surface area contributed by atoms with E-state index < -0.39 is 18.0 Å². The molecule has 0 saturated heterocycles. The fraction of sp³-hybridized carbons (Fsp3) is 0.273. The van der Waals surface area contributed by atoms with Crippen LogP contribution in [0.3, 0.4) is 0 Å². The number of nitrogens with two attached hydrogens (primary N) is 1. The van der Waals surface area contributed by atoms with Gasteiger partial charge in [-0.1, -0.05) is 12.1 Å². The number of nitrogen functional groups attached to an aromatic ring is 1. The van der Waals surface area contributed by atoms with Crippen molar-refractivity contribution in [2.75, 3.05) is 12.3 Å². The summed E-state index contributed by atoms with van der Waals surface area (Å²) in [5.74, 6) is -2.18. The van der Waals surface area contributed by atoms with Gasteiger partial charge in [-0.25, -0.2) is 0 Å². The van der Waals surface area contributed by atoms with Crippen molar-refractivity contribution >= 4 is 17.6 Å². The lowest BCUT2D eigenvalue weighted by atomic mass is 10.1. The van der Waals surface area contributed by atoms with Gasteiger partial charge in [-0.05, 0) is 24.1 Å². The Bertz CT molecular complexity index is 420. The van der Waals surface area contributed by atoms with Crippen molar-refractivity contribution in [3.8, 4) is 0 Å². The molecule has 0 aliphatic heterocycles. The third kappa shape index (κ3) is 4.52. The van der Waals surface area contributed by atoms with Gasteiger partial charge in [0.1, 0.15) is 6.04 Å². The fourth-order valence-corrected chi connectivity index (χ4v) is 1.41. The number of rotatable bonds is 6. The Morgan fingerprint density at radius 2 is 2.06 bits per heavy atom. The van der Waals surface area contributed by atoms with E-state index in [4.69, 9.17) is 15.9 Å². The Kier molecular flexibility index (Phi) is 4.47. The van der Waals surface area contributed by atoms with Gasteiger partial charge in [0.05, 0.1) is 6.54 Å². The summed E-state index contributed by atoms with van der Waals surface area (Å²) in [6.45, 7) is -0.390. The first kappa shape index (κ1) is 13.0. The third-order valence-corrected chi connectivity index (χ3v) is 2.19. The Morgan fingerprint density at radius 1 is 1.35 bits per heavy atom. The molecule has 1 atom stereocenters. The highest BCUT2D eigenvalue weighted by atomic mass is 16.4. The second-order valence-electron chi connectivity index (χ2n) is 3.61. The number of aliphatic carboxylic acids is 2. The summed E-state index contributed by atoms with van der Waals surface area (Å²) in [5, 5.41) is 19.9. The zero-order chi connectivity index (χ0) is 12.8. The van der Waals surface area contributed by atoms with Crippen molar-refractivity contribution in [2.45, 2.75) is 12.5 Å². The van der Waals surface area contributed by atoms with Crippen LogP contribution in [0, 0.1) is 0 Å². The van der Waals surface area contributed by atoms with Crippen molar-refractivity contribution in [1.82, 2.24) is 5.32 Å². The quantitative estimate of drug-likeness (QED) is 0.516. The van der Waals surface area contributed by atoms with Gasteiger partial charge in [-0.15, -0.1) is 0 Å². The maximum Gasteiger partial charge on any atom is 0.321 e. The molecule has 5 N–H and O–H groups in total. The maximum absolute atomic E-state index is 10.9. The molecular weight excluding hydrogens is 224 g/mol. The fourth-order valence-electron chi connectivity index (χ4n) is 1.41. The number of anilines is 1. The van der Waals surface area contributed by atoms with Crippen LogP contribution in [0.5, 0.6) is 0 Å². The van der Waals surface area contributed by atoms with E-state index in [0.29, 0.717) is 5.69 Å². The molecule has 1 aromatic rings. The largest absolute Gasteiger partial charge is 0.480 e. The van der Waals surface area contributed by atoms with Crippen molar-refractivity contribution in [3.63, 3.8) is 0 Å². The predicted octanol–water partition coefficient (Wildman–Crippen LogP) is -0.0613. The summed E-state index contributed by atoms with van der Waals surface area (Å²) in [4.78, 5) is 21.3. The molecule has 0 spiro atoms. The highest BCUT2D eigenvalue weighted by Gasteiger charge is 2.18. The van der Waals surface area contributed by atoms with E-state index in [2.05, 4.69) is 5.32 Å². The Morgan fingerprint density at radius 3 is 2.59 bits per heavy atom. The van der Waals surface area contributed by atoms with Crippen LogP contribution in [-0.2, 0) is 16.0 Å². The molecular formula is C11H14N2O4. The van der Waals surface area contributed by atoms with Crippen molar-refractivity contribution in [2.24, 2.45) is 0 Å². The van der Waals surface area contributed by atoms with Crippen LogP contribution in [-0.4, -0.2) is 34.7 Å². The average Bonchev–Trinajstić information content (AvgIpc) is 2.23. The van der Waals surface area contributed by atoms with E-state index in [1.165, 1.54) is 0 Å². The first-order chi connectivity index (χ1) is 7.99. The van der Waals surface area contributed by atoms with Crippen LogP contribution in [0.2, 0.25) is 0 Å². The molecule has 6 heteroatoms. The molecule has 0 heterocycles. The number of nitrogens with one attached hydrogen (secondary N) is 1. The van der Waals surface area contributed by atoms with E-state index >= 15 is 0 Å². The van der Waals surface area contributed by atoms with Gasteiger partial charge in [-0.3, -0.25) is 14.9 Å². The molecule has 0 fully saturated rings. The molecule has 1 rings (SSSR count). The monoisotopic (exact) mass is 238 g/mol. The smallest absolute Gasteiger partial charge is 0.321 e. The van der Waals surface area contributed by atoms with Gasteiger partial charge in [0.15, 0.2) is 0 Å². The van der Waals surface area contributed by atoms with Crippen LogP contribution in [0.1, 0.15) is 5.56 Å². The lowest BCUT2D eigenvalue weighted by molar-refractivity contribution is -0.140. The Balaban J connectivity index is 2.66. The van der Waals surface area contributed by atoms with E-state index in [0.717, 1.165) is 5.56 Å². The molecule has 0 bridgehead atoms. The molecule has 0 aliphatic rings. The normalized spacial score (nSPS) is 12.0. The number of hydrogen-bond donors (Lipinski definition) is 4. The lowest BCUT2D eigenvalue weighted by Gasteiger charge is -2.13. The maximum atomic E-state index is 10.9. The molecule has 1 aromatic carbocycles. The first-order valence-electron chi connectivity index (χ1n) is 5.01. The van der Waals surface area contributed by atoms with Crippen molar-refractivity contribution in [1.29, 1.82) is 0 Å². The predicted molar refractivity (Wildman–Crippen MR) is 61.6 cm³/mol. The van der Waals surface area contributed by atoms with Crippen LogP contribution < -0.4 is 11.1 Å². The van der Waals surface area contributed by atoms with Crippen LogP contribution in [0.15, 0.2) is 24.3 Å². The van der Waals surface area contributed by atoms with E-state index in [1.807, 2.05) is 0 Å². The summed E-state index contributed by atoms with van der Waals surface area (Å²) in [6.07, 6.45) is 0.188. The highest BCUT2D eigenvalue weighted by molar-refractivity contribution is 5.76. The molecule has 0 aliphatic carbocycles. The molecule has 17 heavy (non-hydrogen) atoms. The molecule has 92 valence electrons. The van der Waals surface area contributed by atoms with E-state index in [-0.39, 0.29) is 13.0 Å². The molecule has 6 nitrogen and oxygen atoms in total. The second-order valence-corrected chi connectivity index (χ2v) is 3.61. The minimum atomic E-state index is -1.09. The van der Waals surface area contributed by atoms with Crippen molar-refractivity contribution < 1.29 is 19.8 Å². The van der Waals surface area contributed by atoms with Gasteiger partial charge in [-0.2, -0.15) is 0 Å². The highest BCUT2D eigenvalue weighted by Crippen LogP contribution is 2.09. The summed E-state index contributed by atoms with van der Waals surface area (Å²) < 4.78 is 0. The van der Waals surface area contributed by atoms with Gasteiger partial charge in [0.25, 0.3) is 0 Å². The van der Waals surface area contributed by atoms with Crippen LogP contribution >= 0.6 is 0 Å². The SMILES string of the molecule is Nc1cccc(CC(NCC(=O)O)C(=O)O)c1. The lowest BCUT2D eigenvalue weighted by Crippen LogP contribution is -2.41. The second kappa shape index (κ2) is 5.86. The number of carbonyl (C=O) groups is 2. The third-order valence-electron chi connectivity index (χ3n) is 2.19. The number of hydrogen-bond acceptors (Lipinski definition) is 4. The minimum Gasteiger partial charge on any atom is -0.480 e. The Labute approximate surface area is 98.1 Å². The number of carboxylic acids is 2. The summed E-state index contributed by atoms with van der Waals surface area (Å²) in [7, 11) is 0. The molecule has 1 unspecified atom stereocenters. The molecule has 0 saturated carbocycles. The zero-order valence-corrected chi connectivity index (χ0v) is 9.09. The topological polar surface area (TPSA) is 113 Å². The zero-order valence-electron chi connectivity index (χ0n) is 9.09. The standard InChI is InChI=1S/C11H14N2O4/c12-8-3-1-2-7(4-8)5-9(11(16)17)13-6-10(14)15/h1-4,9,13H,5-6,12H2,(H,14,15)(H,16,17).